The molecule has 0 amide bonds. The summed E-state index contributed by atoms with van der Waals surface area (Å²) in [7, 11) is -2.98. The monoisotopic (exact) mass is 359 g/mol. The average Bonchev–Trinajstić information content (AvgIpc) is 3.35. The van der Waals surface area contributed by atoms with Gasteiger partial charge >= 0.3 is 5.97 Å². The summed E-state index contributed by atoms with van der Waals surface area (Å²) in [5.41, 5.74) is 0.824. The van der Waals surface area contributed by atoms with E-state index < -0.39 is 17.0 Å². The van der Waals surface area contributed by atoms with Crippen LogP contribution in [0.25, 0.3) is 0 Å². The van der Waals surface area contributed by atoms with Crippen molar-refractivity contribution < 1.29 is 32.1 Å². The number of aromatic carboxylic acids is 1. The van der Waals surface area contributed by atoms with Crippen LogP contribution < -0.4 is 4.74 Å². The van der Waals surface area contributed by atoms with E-state index in [1.807, 2.05) is 0 Å². The number of thiol groups is 1. The van der Waals surface area contributed by atoms with Crippen LogP contribution in [0.5, 0.6) is 5.75 Å². The van der Waals surface area contributed by atoms with Crippen LogP contribution >= 0.6 is 0 Å². The normalized spacial score (nSPS) is 14.3. The summed E-state index contributed by atoms with van der Waals surface area (Å²) >= 11 is 0. The summed E-state index contributed by atoms with van der Waals surface area (Å²) in [5, 5.41) is 10.5. The van der Waals surface area contributed by atoms with E-state index in [0.29, 0.717) is 30.4 Å². The van der Waals surface area contributed by atoms with Gasteiger partial charge in [-0.25, -0.2) is 13.2 Å². The lowest BCUT2D eigenvalue weighted by molar-refractivity contribution is -0.192. The molecule has 24 heavy (non-hydrogen) atoms. The number of rotatable bonds is 11. The molecule has 0 atom stereocenters. The van der Waals surface area contributed by atoms with Crippen LogP contribution in [-0.4, -0.2) is 44.5 Å². The standard InChI is InChI=1S/C15H21NO7S/c1-2-22-16(10-23-24(19)20)8-13-6-5-12(15(17)18)7-14(13)21-9-11-3-4-11/h5-7,11,24H,2-4,8-10H2,1H3,(H,17,18). The van der Waals surface area contributed by atoms with E-state index >= 15 is 0 Å². The highest BCUT2D eigenvalue weighted by atomic mass is 32.2. The van der Waals surface area contributed by atoms with Gasteiger partial charge in [-0.15, -0.1) is 0 Å². The Bertz CT molecular complexity index is 635. The maximum atomic E-state index is 11.1. The molecule has 0 radical (unpaired) electrons. The zero-order valence-electron chi connectivity index (χ0n) is 13.3. The molecule has 0 spiro atoms. The van der Waals surface area contributed by atoms with Gasteiger partial charge in [-0.2, -0.15) is 5.06 Å². The number of hydrogen-bond acceptors (Lipinski definition) is 7. The Labute approximate surface area is 142 Å². The molecule has 1 aliphatic rings. The van der Waals surface area contributed by atoms with Gasteiger partial charge in [-0.05, 0) is 37.8 Å². The predicted molar refractivity (Wildman–Crippen MR) is 85.1 cm³/mol. The number of benzene rings is 1. The number of ether oxygens (including phenoxy) is 1. The summed E-state index contributed by atoms with van der Waals surface area (Å²) in [6, 6.07) is 4.58. The second kappa shape index (κ2) is 8.97. The Balaban J connectivity index is 2.13. The summed E-state index contributed by atoms with van der Waals surface area (Å²) in [4.78, 5) is 16.5. The number of carbonyl (C=O) groups is 1. The molecular formula is C15H21NO7S. The van der Waals surface area contributed by atoms with Crippen LogP contribution in [-0.2, 0) is 26.6 Å². The number of carboxylic acid groups (broad SMARTS) is 1. The lowest BCUT2D eigenvalue weighted by Crippen LogP contribution is -2.26. The number of hydroxylamine groups is 2. The molecule has 1 saturated carbocycles. The molecule has 8 nitrogen and oxygen atoms in total. The third-order valence-corrected chi connectivity index (χ3v) is 3.78. The molecular weight excluding hydrogens is 338 g/mol. The fourth-order valence-corrected chi connectivity index (χ4v) is 2.28. The molecule has 0 unspecified atom stereocenters. The summed E-state index contributed by atoms with van der Waals surface area (Å²) in [5.74, 6) is -0.0636. The quantitative estimate of drug-likeness (QED) is 0.347. The molecule has 2 rings (SSSR count). The molecule has 0 heterocycles. The van der Waals surface area contributed by atoms with Crippen LogP contribution in [0, 0.1) is 5.92 Å². The molecule has 1 aromatic rings. The van der Waals surface area contributed by atoms with Gasteiger partial charge in [0.1, 0.15) is 12.5 Å². The van der Waals surface area contributed by atoms with Crippen LogP contribution in [0.15, 0.2) is 18.2 Å². The van der Waals surface area contributed by atoms with Crippen molar-refractivity contribution in [2.75, 3.05) is 19.9 Å². The van der Waals surface area contributed by atoms with Gasteiger partial charge in [0, 0.05) is 5.56 Å². The topological polar surface area (TPSA) is 102 Å². The first-order valence-corrected chi connectivity index (χ1v) is 8.73. The Morgan fingerprint density at radius 1 is 1.38 bits per heavy atom. The zero-order valence-corrected chi connectivity index (χ0v) is 14.2. The third-order valence-electron chi connectivity index (χ3n) is 3.45. The van der Waals surface area contributed by atoms with Crippen LogP contribution in [0.3, 0.4) is 0 Å². The van der Waals surface area contributed by atoms with E-state index in [1.165, 1.54) is 17.2 Å². The maximum absolute atomic E-state index is 11.1. The molecule has 1 aliphatic carbocycles. The van der Waals surface area contributed by atoms with Gasteiger partial charge in [0.2, 0.25) is 0 Å². The molecule has 1 fully saturated rings. The molecule has 0 saturated heterocycles. The van der Waals surface area contributed by atoms with Gasteiger partial charge < -0.3 is 9.84 Å². The van der Waals surface area contributed by atoms with Gasteiger partial charge in [-0.3, -0.25) is 9.02 Å². The minimum absolute atomic E-state index is 0.131. The van der Waals surface area contributed by atoms with Crippen molar-refractivity contribution in [1.82, 2.24) is 5.06 Å². The molecule has 0 aromatic heterocycles. The highest BCUT2D eigenvalue weighted by Crippen LogP contribution is 2.31. The fourth-order valence-electron chi connectivity index (χ4n) is 2.06. The van der Waals surface area contributed by atoms with Crippen molar-refractivity contribution in [1.29, 1.82) is 0 Å². The van der Waals surface area contributed by atoms with E-state index in [9.17, 15) is 13.2 Å². The minimum atomic E-state index is -2.98. The number of carboxylic acids is 1. The Hall–Kier alpha value is -1.68. The van der Waals surface area contributed by atoms with E-state index in [2.05, 4.69) is 4.18 Å². The second-order valence-electron chi connectivity index (χ2n) is 5.42. The van der Waals surface area contributed by atoms with E-state index in [0.717, 1.165) is 12.8 Å². The summed E-state index contributed by atoms with van der Waals surface area (Å²) in [6.07, 6.45) is 2.23. The van der Waals surface area contributed by atoms with Gasteiger partial charge in [-0.1, -0.05) is 6.07 Å². The van der Waals surface area contributed by atoms with Gasteiger partial charge in [0.05, 0.1) is 25.3 Å². The van der Waals surface area contributed by atoms with E-state index in [4.69, 9.17) is 14.7 Å². The zero-order chi connectivity index (χ0) is 17.5. The van der Waals surface area contributed by atoms with E-state index in [1.54, 1.807) is 13.0 Å². The SMILES string of the molecule is CCON(CO[SH](=O)=O)Cc1ccc(C(=O)O)cc1OCC1CC1. The van der Waals surface area contributed by atoms with Crippen molar-refractivity contribution in [2.45, 2.75) is 26.3 Å². The highest BCUT2D eigenvalue weighted by Gasteiger charge is 2.23. The van der Waals surface area contributed by atoms with Crippen molar-refractivity contribution in [3.63, 3.8) is 0 Å². The maximum Gasteiger partial charge on any atom is 0.335 e. The van der Waals surface area contributed by atoms with Crippen LogP contribution in [0.2, 0.25) is 0 Å². The minimum Gasteiger partial charge on any atom is -0.493 e. The molecule has 1 aromatic carbocycles. The first-order chi connectivity index (χ1) is 11.5. The summed E-state index contributed by atoms with van der Waals surface area (Å²) in [6.45, 7) is 2.59. The Morgan fingerprint density at radius 2 is 2.12 bits per heavy atom. The number of hydrogen-bond donors (Lipinski definition) is 2. The molecule has 1 N–H and O–H groups in total. The van der Waals surface area contributed by atoms with Crippen LogP contribution in [0.4, 0.5) is 0 Å². The van der Waals surface area contributed by atoms with Crippen molar-refractivity contribution in [3.05, 3.63) is 29.3 Å². The summed E-state index contributed by atoms with van der Waals surface area (Å²) < 4.78 is 31.5. The first-order valence-electron chi connectivity index (χ1n) is 7.63. The van der Waals surface area contributed by atoms with E-state index in [-0.39, 0.29) is 18.8 Å². The fraction of sp³-hybridized carbons (Fsp3) is 0.533. The predicted octanol–water partition coefficient (Wildman–Crippen LogP) is 1.43. The number of nitrogens with zero attached hydrogens (tertiary/aromatic N) is 1. The molecule has 0 aliphatic heterocycles. The lowest BCUT2D eigenvalue weighted by atomic mass is 10.1. The second-order valence-corrected chi connectivity index (χ2v) is 6.13. The molecule has 9 heteroatoms. The van der Waals surface area contributed by atoms with Gasteiger partial charge in [0.25, 0.3) is 11.0 Å². The van der Waals surface area contributed by atoms with Gasteiger partial charge in [0.15, 0.2) is 0 Å². The van der Waals surface area contributed by atoms with Crippen molar-refractivity contribution in [2.24, 2.45) is 5.92 Å². The smallest absolute Gasteiger partial charge is 0.335 e. The largest absolute Gasteiger partial charge is 0.493 e. The molecule has 134 valence electrons. The van der Waals surface area contributed by atoms with Crippen molar-refractivity contribution in [3.8, 4) is 5.75 Å². The Kier molecular flexibility index (Phi) is 6.98. The first kappa shape index (κ1) is 18.7. The lowest BCUT2D eigenvalue weighted by Gasteiger charge is -2.21. The van der Waals surface area contributed by atoms with Crippen molar-refractivity contribution >= 4 is 17.0 Å². The Morgan fingerprint density at radius 3 is 2.71 bits per heavy atom. The van der Waals surface area contributed by atoms with Crippen LogP contribution in [0.1, 0.15) is 35.7 Å². The third kappa shape index (κ3) is 6.08. The average molecular weight is 359 g/mol. The highest BCUT2D eigenvalue weighted by molar-refractivity contribution is 7.67. The molecule has 0 bridgehead atoms.